The molecule has 4 N–H and O–H groups in total. The van der Waals surface area contributed by atoms with Gasteiger partial charge < -0.3 is 4.90 Å². The fourth-order valence-corrected chi connectivity index (χ4v) is 3.10. The molecule has 0 spiro atoms. The quantitative estimate of drug-likeness (QED) is 0.159. The summed E-state index contributed by atoms with van der Waals surface area (Å²) in [6, 6.07) is -2.72. The standard InChI is InChI=1S/C9H12N8O7S/c10-16(8(19)6-11-13-14-12-6)7(18)5-2-1-4-3-15(5)9(20)17(4)24-25(21,22)23/h4-5H,1-3,10H2,(H,21,22,23)(H,11,12,13,14)/t4-,5+/m1/s1. The summed E-state index contributed by atoms with van der Waals surface area (Å²) in [6.45, 7) is -0.0311. The number of amides is 4. The maximum absolute atomic E-state index is 12.4. The van der Waals surface area contributed by atoms with Crippen molar-refractivity contribution in [2.24, 2.45) is 5.84 Å². The zero-order chi connectivity index (χ0) is 18.4. The summed E-state index contributed by atoms with van der Waals surface area (Å²) in [5.74, 6) is 3.22. The van der Waals surface area contributed by atoms with Crippen molar-refractivity contribution >= 4 is 28.2 Å². The second-order valence-corrected chi connectivity index (χ2v) is 6.28. The predicted octanol–water partition coefficient (Wildman–Crippen LogP) is -2.95. The highest BCUT2D eigenvalue weighted by molar-refractivity contribution is 7.80. The maximum Gasteiger partial charge on any atom is 0.418 e. The molecule has 2 bridgehead atoms. The molecule has 4 amide bonds. The van der Waals surface area contributed by atoms with Gasteiger partial charge in [0.1, 0.15) is 6.04 Å². The summed E-state index contributed by atoms with van der Waals surface area (Å²) in [4.78, 5) is 37.6. The van der Waals surface area contributed by atoms with E-state index in [1.165, 1.54) is 0 Å². The highest BCUT2D eigenvalue weighted by Crippen LogP contribution is 2.31. The zero-order valence-corrected chi connectivity index (χ0v) is 13.2. The maximum atomic E-state index is 12.4. The van der Waals surface area contributed by atoms with Crippen LogP contribution in [-0.2, 0) is 19.5 Å². The van der Waals surface area contributed by atoms with Crippen molar-refractivity contribution in [2.45, 2.75) is 24.9 Å². The van der Waals surface area contributed by atoms with Gasteiger partial charge in [0.05, 0.1) is 6.04 Å². The van der Waals surface area contributed by atoms with Crippen LogP contribution in [0.15, 0.2) is 0 Å². The number of hydrazine groups is 1. The molecule has 2 atom stereocenters. The van der Waals surface area contributed by atoms with Gasteiger partial charge in [0.25, 0.3) is 5.91 Å². The van der Waals surface area contributed by atoms with Gasteiger partial charge in [0.15, 0.2) is 0 Å². The number of carbonyl (C=O) groups excluding carboxylic acids is 3. The largest absolute Gasteiger partial charge is 0.418 e. The summed E-state index contributed by atoms with van der Waals surface area (Å²) in [5.41, 5.74) is 0. The van der Waals surface area contributed by atoms with Crippen LogP contribution in [0.3, 0.4) is 0 Å². The highest BCUT2D eigenvalue weighted by Gasteiger charge is 2.50. The van der Waals surface area contributed by atoms with Crippen LogP contribution in [0.25, 0.3) is 0 Å². The fourth-order valence-electron chi connectivity index (χ4n) is 2.71. The predicted molar refractivity (Wildman–Crippen MR) is 72.9 cm³/mol. The number of hydrogen-bond acceptors (Lipinski definition) is 10. The van der Waals surface area contributed by atoms with Crippen molar-refractivity contribution in [1.29, 1.82) is 0 Å². The third-order valence-electron chi connectivity index (χ3n) is 3.79. The summed E-state index contributed by atoms with van der Waals surface area (Å²) in [6.07, 6.45) is 0.302. The number of carbonyl (C=O) groups is 3. The summed E-state index contributed by atoms with van der Waals surface area (Å²) < 4.78 is 34.6. The number of nitrogens with two attached hydrogens (primary N) is 1. The van der Waals surface area contributed by atoms with E-state index < -0.39 is 40.3 Å². The first-order valence-electron chi connectivity index (χ1n) is 6.82. The smallest absolute Gasteiger partial charge is 0.309 e. The molecule has 3 rings (SSSR count). The van der Waals surface area contributed by atoms with E-state index in [4.69, 9.17) is 10.4 Å². The van der Waals surface area contributed by atoms with Crippen molar-refractivity contribution in [3.63, 3.8) is 0 Å². The minimum Gasteiger partial charge on any atom is -0.309 e. The van der Waals surface area contributed by atoms with Gasteiger partial charge in [-0.2, -0.15) is 13.5 Å². The molecular weight excluding hydrogens is 364 g/mol. The van der Waals surface area contributed by atoms with Crippen LogP contribution in [0.4, 0.5) is 4.79 Å². The Morgan fingerprint density at radius 3 is 2.72 bits per heavy atom. The van der Waals surface area contributed by atoms with E-state index in [0.29, 0.717) is 5.06 Å². The van der Waals surface area contributed by atoms with Gasteiger partial charge in [0, 0.05) is 6.54 Å². The minimum absolute atomic E-state index is 0.0311. The number of piperidine rings is 1. The lowest BCUT2D eigenvalue weighted by Crippen LogP contribution is -2.55. The van der Waals surface area contributed by atoms with Crippen molar-refractivity contribution in [3.05, 3.63) is 5.82 Å². The number of hydroxylamine groups is 2. The number of nitrogens with one attached hydrogen (secondary N) is 1. The average Bonchev–Trinajstić information content (AvgIpc) is 3.16. The molecule has 1 aromatic rings. The Morgan fingerprint density at radius 1 is 1.40 bits per heavy atom. The van der Waals surface area contributed by atoms with Gasteiger partial charge in [-0.25, -0.2) is 20.7 Å². The molecule has 0 aliphatic carbocycles. The second-order valence-electron chi connectivity index (χ2n) is 5.27. The molecule has 2 saturated heterocycles. The number of nitrogens with zero attached hydrogens (tertiary/aromatic N) is 6. The minimum atomic E-state index is -4.90. The highest BCUT2D eigenvalue weighted by atomic mass is 32.3. The van der Waals surface area contributed by atoms with Gasteiger partial charge in [-0.05, 0) is 23.3 Å². The van der Waals surface area contributed by atoms with Crippen LogP contribution in [-0.4, -0.2) is 85.0 Å². The molecule has 0 aromatic carbocycles. The number of aromatic amines is 1. The van der Waals surface area contributed by atoms with E-state index in [1.807, 2.05) is 0 Å². The lowest BCUT2D eigenvalue weighted by atomic mass is 10.00. The first-order valence-corrected chi connectivity index (χ1v) is 8.19. The van der Waals surface area contributed by atoms with Gasteiger partial charge in [-0.1, -0.05) is 0 Å². The SMILES string of the molecule is NN(C(=O)c1nnn[nH]1)C(=O)[C@@H]1CC[C@@H]2CN1C(=O)N2OS(=O)(=O)O. The molecule has 1 aromatic heterocycles. The molecule has 2 aliphatic rings. The van der Waals surface area contributed by atoms with E-state index in [0.717, 1.165) is 4.90 Å². The van der Waals surface area contributed by atoms with Crippen LogP contribution in [0.2, 0.25) is 0 Å². The molecule has 0 unspecified atom stereocenters. The lowest BCUT2D eigenvalue weighted by Gasteiger charge is -2.30. The molecule has 3 heterocycles. The van der Waals surface area contributed by atoms with Crippen molar-refractivity contribution in [1.82, 2.24) is 35.6 Å². The summed E-state index contributed by atoms with van der Waals surface area (Å²) >= 11 is 0. The summed E-state index contributed by atoms with van der Waals surface area (Å²) in [5, 5.41) is 12.6. The van der Waals surface area contributed by atoms with Crippen molar-refractivity contribution in [3.8, 4) is 0 Å². The fraction of sp³-hybridized carbons (Fsp3) is 0.556. The number of hydrogen-bond donors (Lipinski definition) is 3. The Balaban J connectivity index is 1.75. The Kier molecular flexibility index (Phi) is 4.11. The van der Waals surface area contributed by atoms with Crippen LogP contribution < -0.4 is 5.84 Å². The van der Waals surface area contributed by atoms with E-state index >= 15 is 0 Å². The molecule has 0 saturated carbocycles. The third-order valence-corrected chi connectivity index (χ3v) is 4.14. The molecule has 2 aliphatic heterocycles. The van der Waals surface area contributed by atoms with Crippen LogP contribution >= 0.6 is 0 Å². The number of aromatic nitrogens is 4. The third kappa shape index (κ3) is 3.14. The van der Waals surface area contributed by atoms with E-state index in [2.05, 4.69) is 24.9 Å². The lowest BCUT2D eigenvalue weighted by molar-refractivity contribution is -0.134. The second kappa shape index (κ2) is 5.99. The Bertz CT molecular complexity index is 810. The Morgan fingerprint density at radius 2 is 2.12 bits per heavy atom. The van der Waals surface area contributed by atoms with E-state index in [-0.39, 0.29) is 30.2 Å². The molecule has 136 valence electrons. The summed E-state index contributed by atoms with van der Waals surface area (Å²) in [7, 11) is -4.90. The number of fused-ring (bicyclic) bond motifs is 2. The normalized spacial score (nSPS) is 23.0. The molecule has 16 heteroatoms. The number of H-pyrrole nitrogens is 1. The van der Waals surface area contributed by atoms with Crippen molar-refractivity contribution < 1.29 is 31.6 Å². The Labute approximate surface area is 139 Å². The molecular formula is C9H12N8O7S. The van der Waals surface area contributed by atoms with Gasteiger partial charge in [0.2, 0.25) is 5.82 Å². The topological polar surface area (TPSA) is 205 Å². The first-order chi connectivity index (χ1) is 11.7. The van der Waals surface area contributed by atoms with Crippen LogP contribution in [0.5, 0.6) is 0 Å². The van der Waals surface area contributed by atoms with Gasteiger partial charge in [-0.15, -0.1) is 9.38 Å². The van der Waals surface area contributed by atoms with Crippen molar-refractivity contribution in [2.75, 3.05) is 6.54 Å². The molecule has 15 nitrogen and oxygen atoms in total. The number of rotatable bonds is 4. The average molecular weight is 376 g/mol. The number of urea groups is 1. The first kappa shape index (κ1) is 17.1. The zero-order valence-electron chi connectivity index (χ0n) is 12.3. The van der Waals surface area contributed by atoms with Crippen LogP contribution in [0, 0.1) is 0 Å². The monoisotopic (exact) mass is 376 g/mol. The Hall–Kier alpha value is -2.69. The van der Waals surface area contributed by atoms with Crippen LogP contribution in [0.1, 0.15) is 23.5 Å². The number of tetrazole rings is 1. The van der Waals surface area contributed by atoms with E-state index in [1.54, 1.807) is 0 Å². The molecule has 2 fully saturated rings. The molecule has 25 heavy (non-hydrogen) atoms. The van der Waals surface area contributed by atoms with Gasteiger partial charge in [-0.3, -0.25) is 14.1 Å². The number of imide groups is 1. The molecule has 0 radical (unpaired) electrons. The van der Waals surface area contributed by atoms with Gasteiger partial charge >= 0.3 is 22.3 Å². The van der Waals surface area contributed by atoms with E-state index in [9.17, 15) is 22.8 Å².